The van der Waals surface area contributed by atoms with E-state index < -0.39 is 11.8 Å². The number of amides is 1. The number of benzene rings is 2. The fourth-order valence-corrected chi connectivity index (χ4v) is 4.28. The second-order valence-electron chi connectivity index (χ2n) is 6.35. The number of rotatable bonds is 8. The zero-order valence-electron chi connectivity index (χ0n) is 17.2. The van der Waals surface area contributed by atoms with E-state index in [4.69, 9.17) is 38.0 Å². The topological polar surface area (TPSA) is 65.1 Å². The average molecular weight is 496 g/mol. The minimum absolute atomic E-state index is 0.0970. The Kier molecular flexibility index (Phi) is 8.11. The van der Waals surface area contributed by atoms with Crippen molar-refractivity contribution in [2.45, 2.75) is 13.8 Å². The average Bonchev–Trinajstić information content (AvgIpc) is 3.03. The molecular weight excluding hydrogens is 477 g/mol. The highest BCUT2D eigenvalue weighted by atomic mass is 35.5. The molecule has 1 saturated heterocycles. The largest absolute Gasteiger partial charge is 0.490 e. The van der Waals surface area contributed by atoms with Gasteiger partial charge in [-0.25, -0.2) is 9.18 Å². The van der Waals surface area contributed by atoms with Crippen molar-refractivity contribution in [2.24, 2.45) is 0 Å². The van der Waals surface area contributed by atoms with Gasteiger partial charge in [0.2, 0.25) is 0 Å². The Balaban J connectivity index is 1.83. The van der Waals surface area contributed by atoms with Gasteiger partial charge in [-0.1, -0.05) is 41.6 Å². The number of halogens is 2. The molecule has 1 amide bonds. The number of ether oxygens (including phenoxy) is 3. The summed E-state index contributed by atoms with van der Waals surface area (Å²) in [7, 11) is 0. The first kappa shape index (κ1) is 24.0. The molecule has 1 aliphatic rings. The highest BCUT2D eigenvalue weighted by Crippen LogP contribution is 2.38. The molecule has 10 heteroatoms. The lowest BCUT2D eigenvalue weighted by atomic mass is 10.1. The van der Waals surface area contributed by atoms with Gasteiger partial charge >= 0.3 is 5.97 Å². The van der Waals surface area contributed by atoms with Gasteiger partial charge in [0, 0.05) is 0 Å². The summed E-state index contributed by atoms with van der Waals surface area (Å²) in [4.78, 5) is 26.2. The highest BCUT2D eigenvalue weighted by molar-refractivity contribution is 8.27. The minimum atomic E-state index is -0.579. The number of thiocarbonyl (C=S) groups is 1. The number of thioether (sulfide) groups is 1. The minimum Gasteiger partial charge on any atom is -0.490 e. The predicted molar refractivity (Wildman–Crippen MR) is 127 cm³/mol. The third-order valence-electron chi connectivity index (χ3n) is 4.17. The lowest BCUT2D eigenvalue weighted by molar-refractivity contribution is -0.145. The van der Waals surface area contributed by atoms with Crippen molar-refractivity contribution in [3.63, 3.8) is 0 Å². The van der Waals surface area contributed by atoms with E-state index in [0.29, 0.717) is 38.6 Å². The van der Waals surface area contributed by atoms with E-state index in [0.717, 1.165) is 11.8 Å². The fraction of sp³-hybridized carbons (Fsp3) is 0.227. The molecule has 0 saturated carbocycles. The Labute approximate surface area is 199 Å². The monoisotopic (exact) mass is 495 g/mol. The van der Waals surface area contributed by atoms with Crippen LogP contribution in [0.2, 0.25) is 5.02 Å². The molecule has 1 aliphatic heterocycles. The number of carbonyl (C=O) groups is 2. The van der Waals surface area contributed by atoms with Crippen LogP contribution < -0.4 is 14.4 Å². The first-order valence-corrected chi connectivity index (χ1v) is 11.2. The van der Waals surface area contributed by atoms with Crippen LogP contribution in [0.4, 0.5) is 10.1 Å². The van der Waals surface area contributed by atoms with Gasteiger partial charge < -0.3 is 14.2 Å². The Hall–Kier alpha value is -2.62. The van der Waals surface area contributed by atoms with Crippen LogP contribution in [0.25, 0.3) is 6.08 Å². The molecule has 32 heavy (non-hydrogen) atoms. The van der Waals surface area contributed by atoms with Crippen LogP contribution in [0.15, 0.2) is 41.3 Å². The van der Waals surface area contributed by atoms with Crippen molar-refractivity contribution >= 4 is 63.5 Å². The molecule has 0 aliphatic carbocycles. The lowest BCUT2D eigenvalue weighted by Gasteiger charge is -2.15. The zero-order valence-corrected chi connectivity index (χ0v) is 19.6. The van der Waals surface area contributed by atoms with Gasteiger partial charge in [-0.05, 0) is 55.8 Å². The predicted octanol–water partition coefficient (Wildman–Crippen LogP) is 5.23. The van der Waals surface area contributed by atoms with E-state index in [9.17, 15) is 14.0 Å². The van der Waals surface area contributed by atoms with E-state index in [1.54, 1.807) is 31.2 Å². The maximum Gasteiger partial charge on any atom is 0.344 e. The number of nitrogens with zero attached hydrogens (tertiary/aromatic N) is 1. The quantitative estimate of drug-likeness (QED) is 0.282. The molecular formula is C22H19ClFNO5S2. The molecule has 1 heterocycles. The van der Waals surface area contributed by atoms with Gasteiger partial charge in [0.1, 0.15) is 5.82 Å². The highest BCUT2D eigenvalue weighted by Gasteiger charge is 2.33. The van der Waals surface area contributed by atoms with Crippen molar-refractivity contribution in [1.29, 1.82) is 0 Å². The van der Waals surface area contributed by atoms with E-state index in [2.05, 4.69) is 0 Å². The van der Waals surface area contributed by atoms with Crippen LogP contribution in [0.5, 0.6) is 11.5 Å². The Bertz CT molecular complexity index is 1090. The Morgan fingerprint density at radius 2 is 1.94 bits per heavy atom. The number of carbonyl (C=O) groups excluding carboxylic acids is 2. The molecule has 1 fully saturated rings. The standard InChI is InChI=1S/C22H19ClFNO5S2/c1-3-28-18-9-13(5-8-17(18)30-12-20(26)29-4-2)10-19-21(27)25(22(31)32-19)14-6-7-16(24)15(23)11-14/h5-11H,3-4,12H2,1-2H3/b19-10-. The summed E-state index contributed by atoms with van der Waals surface area (Å²) in [5.74, 6) is -0.603. The van der Waals surface area contributed by atoms with Crippen molar-refractivity contribution in [3.05, 3.63) is 57.7 Å². The maximum atomic E-state index is 13.5. The summed E-state index contributed by atoms with van der Waals surface area (Å²) in [6.07, 6.45) is 1.67. The second kappa shape index (κ2) is 10.8. The van der Waals surface area contributed by atoms with Gasteiger partial charge in [0.15, 0.2) is 22.4 Å². The van der Waals surface area contributed by atoms with E-state index in [-0.39, 0.29) is 24.1 Å². The first-order chi connectivity index (χ1) is 15.3. The van der Waals surface area contributed by atoms with Crippen molar-refractivity contribution < 1.29 is 28.2 Å². The van der Waals surface area contributed by atoms with E-state index >= 15 is 0 Å². The van der Waals surface area contributed by atoms with Crippen LogP contribution in [-0.4, -0.2) is 36.0 Å². The third-order valence-corrected chi connectivity index (χ3v) is 5.76. The van der Waals surface area contributed by atoms with Crippen LogP contribution in [0.1, 0.15) is 19.4 Å². The molecule has 0 bridgehead atoms. The third kappa shape index (κ3) is 5.59. The Morgan fingerprint density at radius 3 is 2.62 bits per heavy atom. The molecule has 0 N–H and O–H groups in total. The van der Waals surface area contributed by atoms with Crippen LogP contribution in [0, 0.1) is 5.82 Å². The van der Waals surface area contributed by atoms with Gasteiger partial charge in [0.25, 0.3) is 5.91 Å². The molecule has 0 radical (unpaired) electrons. The van der Waals surface area contributed by atoms with E-state index in [1.807, 2.05) is 6.92 Å². The smallest absolute Gasteiger partial charge is 0.344 e. The van der Waals surface area contributed by atoms with E-state index in [1.165, 1.54) is 23.1 Å². The normalized spacial score (nSPS) is 14.8. The molecule has 0 aromatic heterocycles. The second-order valence-corrected chi connectivity index (χ2v) is 8.43. The summed E-state index contributed by atoms with van der Waals surface area (Å²) < 4.78 is 29.8. The van der Waals surface area contributed by atoms with Gasteiger partial charge in [0.05, 0.1) is 28.8 Å². The SMILES string of the molecule is CCOC(=O)COc1ccc(/C=C2\SC(=S)N(c3ccc(F)c(Cl)c3)C2=O)cc1OCC. The van der Waals surface area contributed by atoms with Crippen molar-refractivity contribution in [1.82, 2.24) is 0 Å². The molecule has 0 atom stereocenters. The molecule has 168 valence electrons. The molecule has 3 rings (SSSR count). The molecule has 0 unspecified atom stereocenters. The van der Waals surface area contributed by atoms with Gasteiger partial charge in [-0.3, -0.25) is 9.69 Å². The van der Waals surface area contributed by atoms with Crippen LogP contribution in [-0.2, 0) is 14.3 Å². The molecule has 6 nitrogen and oxygen atoms in total. The van der Waals surface area contributed by atoms with Crippen LogP contribution in [0.3, 0.4) is 0 Å². The number of hydrogen-bond acceptors (Lipinski definition) is 7. The number of anilines is 1. The Morgan fingerprint density at radius 1 is 1.16 bits per heavy atom. The summed E-state index contributed by atoms with van der Waals surface area (Å²) >= 11 is 12.3. The van der Waals surface area contributed by atoms with Gasteiger partial charge in [-0.15, -0.1) is 0 Å². The summed E-state index contributed by atoms with van der Waals surface area (Å²) in [6.45, 7) is 3.94. The molecule has 0 spiro atoms. The molecule has 2 aromatic carbocycles. The van der Waals surface area contributed by atoms with Crippen LogP contribution >= 0.6 is 35.6 Å². The number of hydrogen-bond donors (Lipinski definition) is 0. The number of esters is 1. The summed E-state index contributed by atoms with van der Waals surface area (Å²) in [5.41, 5.74) is 1.06. The fourth-order valence-electron chi connectivity index (χ4n) is 2.81. The lowest BCUT2D eigenvalue weighted by Crippen LogP contribution is -2.27. The summed E-state index contributed by atoms with van der Waals surface area (Å²) in [6, 6.07) is 9.06. The van der Waals surface area contributed by atoms with Gasteiger partial charge in [-0.2, -0.15) is 0 Å². The summed E-state index contributed by atoms with van der Waals surface area (Å²) in [5, 5.41) is -0.0970. The first-order valence-electron chi connectivity index (χ1n) is 9.62. The van der Waals surface area contributed by atoms with Crippen molar-refractivity contribution in [2.75, 3.05) is 24.7 Å². The molecule has 2 aromatic rings. The zero-order chi connectivity index (χ0) is 23.3. The maximum absolute atomic E-state index is 13.5. The van der Waals surface area contributed by atoms with Crippen molar-refractivity contribution in [3.8, 4) is 11.5 Å².